The van der Waals surface area contributed by atoms with E-state index in [1.165, 1.54) is 0 Å². The van der Waals surface area contributed by atoms with E-state index in [2.05, 4.69) is 12.1 Å². The normalized spacial score (nSPS) is 11.5. The van der Waals surface area contributed by atoms with Crippen molar-refractivity contribution in [3.63, 3.8) is 0 Å². The third kappa shape index (κ3) is 2.78. The molecule has 0 N–H and O–H groups in total. The first-order valence-electron chi connectivity index (χ1n) is 6.32. The van der Waals surface area contributed by atoms with Crippen LogP contribution in [-0.2, 0) is 0 Å². The van der Waals surface area contributed by atoms with Crippen LogP contribution in [0.5, 0.6) is 0 Å². The minimum atomic E-state index is 0.00742. The predicted molar refractivity (Wildman–Crippen MR) is 80.6 cm³/mol. The fraction of sp³-hybridized carbons (Fsp3) is 0. The maximum Gasteiger partial charge on any atom is 0.230 e. The molecule has 0 aliphatic heterocycles. The monoisotopic (exact) mass is 279 g/mol. The van der Waals surface area contributed by atoms with Crippen molar-refractivity contribution in [3.8, 4) is 10.4 Å². The summed E-state index contributed by atoms with van der Waals surface area (Å²) in [6.45, 7) is 0. The molecule has 20 heavy (non-hydrogen) atoms. The van der Waals surface area contributed by atoms with Gasteiger partial charge >= 0.3 is 0 Å². The van der Waals surface area contributed by atoms with Gasteiger partial charge in [-0.15, -0.1) is 0 Å². The molecule has 0 fully saturated rings. The maximum absolute atomic E-state index is 12.1. The van der Waals surface area contributed by atoms with Gasteiger partial charge < -0.3 is 5.11 Å². The Kier molecular flexibility index (Phi) is 3.61. The summed E-state index contributed by atoms with van der Waals surface area (Å²) < 4.78 is 1.82. The van der Waals surface area contributed by atoms with E-state index in [9.17, 15) is 5.11 Å². The van der Waals surface area contributed by atoms with Crippen molar-refractivity contribution in [2.24, 2.45) is 0 Å². The highest BCUT2D eigenvalue weighted by Crippen LogP contribution is 2.21. The Morgan fingerprint density at radius 3 is 2.30 bits per heavy atom. The van der Waals surface area contributed by atoms with E-state index in [1.54, 1.807) is 17.5 Å². The molecule has 1 aromatic heterocycles. The van der Waals surface area contributed by atoms with Gasteiger partial charge in [-0.3, -0.25) is 0 Å². The van der Waals surface area contributed by atoms with Crippen molar-refractivity contribution in [1.29, 1.82) is 0 Å². The highest BCUT2D eigenvalue weighted by Gasteiger charge is 2.06. The van der Waals surface area contributed by atoms with Gasteiger partial charge in [-0.05, 0) is 16.9 Å². The van der Waals surface area contributed by atoms with Crippen molar-refractivity contribution < 1.29 is 9.67 Å². The average molecular weight is 279 g/mol. The summed E-state index contributed by atoms with van der Waals surface area (Å²) in [4.78, 5) is 1.14. The summed E-state index contributed by atoms with van der Waals surface area (Å²) >= 11 is 1.62. The van der Waals surface area contributed by atoms with Gasteiger partial charge in [0, 0.05) is 0 Å². The van der Waals surface area contributed by atoms with E-state index < -0.39 is 0 Å². The molecular weight excluding hydrogens is 266 g/mol. The molecule has 3 heteroatoms. The summed E-state index contributed by atoms with van der Waals surface area (Å²) in [7, 11) is 0. The number of benzene rings is 2. The summed E-state index contributed by atoms with van der Waals surface area (Å²) in [5.41, 5.74) is 3.80. The van der Waals surface area contributed by atoms with Gasteiger partial charge in [0.1, 0.15) is 4.88 Å². The predicted octanol–water partition coefficient (Wildman–Crippen LogP) is 3.02. The standard InChI is InChI=1S/C17H13NOS/c19-16(14-7-3-1-4-8-14)11-18-12-17(20-13-18)15-9-5-2-6-10-15/h1-13H/b16-11-. The second-order valence-corrected chi connectivity index (χ2v) is 5.28. The first kappa shape index (κ1) is 12.6. The van der Waals surface area contributed by atoms with Gasteiger partial charge in [0.25, 0.3) is 0 Å². The maximum atomic E-state index is 12.1. The highest BCUT2D eigenvalue weighted by atomic mass is 32.1. The van der Waals surface area contributed by atoms with Gasteiger partial charge in [0.2, 0.25) is 5.51 Å². The quantitative estimate of drug-likeness (QED) is 0.535. The minimum absolute atomic E-state index is 0.00742. The molecule has 2 nitrogen and oxygen atoms in total. The number of nitrogens with zero attached hydrogens (tertiary/aromatic N) is 1. The summed E-state index contributed by atoms with van der Waals surface area (Å²) in [5.74, 6) is 0.00742. The molecule has 0 saturated carbocycles. The van der Waals surface area contributed by atoms with Crippen LogP contribution in [0.15, 0.2) is 72.4 Å². The van der Waals surface area contributed by atoms with Crippen LogP contribution in [-0.4, -0.2) is 0 Å². The van der Waals surface area contributed by atoms with Crippen molar-refractivity contribution in [2.45, 2.75) is 0 Å². The van der Waals surface area contributed by atoms with E-state index in [1.807, 2.05) is 64.8 Å². The van der Waals surface area contributed by atoms with Gasteiger partial charge in [-0.1, -0.05) is 72.0 Å². The van der Waals surface area contributed by atoms with Crippen LogP contribution in [0.25, 0.3) is 22.4 Å². The molecule has 0 spiro atoms. The van der Waals surface area contributed by atoms with Crippen molar-refractivity contribution in [1.82, 2.24) is 0 Å². The lowest BCUT2D eigenvalue weighted by molar-refractivity contribution is -0.563. The number of rotatable bonds is 3. The lowest BCUT2D eigenvalue weighted by atomic mass is 10.2. The lowest BCUT2D eigenvalue weighted by Gasteiger charge is -2.07. The molecule has 0 aliphatic rings. The Morgan fingerprint density at radius 2 is 1.60 bits per heavy atom. The van der Waals surface area contributed by atoms with Crippen LogP contribution in [0.4, 0.5) is 0 Å². The van der Waals surface area contributed by atoms with Crippen LogP contribution in [0.1, 0.15) is 5.56 Å². The van der Waals surface area contributed by atoms with Crippen LogP contribution in [0.3, 0.4) is 0 Å². The number of hydrogen-bond donors (Lipinski definition) is 0. The zero-order chi connectivity index (χ0) is 13.8. The fourth-order valence-electron chi connectivity index (χ4n) is 1.94. The minimum Gasteiger partial charge on any atom is -0.868 e. The molecule has 0 unspecified atom stereocenters. The zero-order valence-corrected chi connectivity index (χ0v) is 11.6. The Labute approximate surface area is 121 Å². The van der Waals surface area contributed by atoms with Gasteiger partial charge in [0.15, 0.2) is 12.4 Å². The van der Waals surface area contributed by atoms with Gasteiger partial charge in [-0.2, -0.15) is 4.57 Å². The fourth-order valence-corrected chi connectivity index (χ4v) is 2.75. The molecule has 0 atom stereocenters. The van der Waals surface area contributed by atoms with Crippen molar-refractivity contribution in [2.75, 3.05) is 0 Å². The van der Waals surface area contributed by atoms with E-state index in [4.69, 9.17) is 0 Å². The average Bonchev–Trinajstić information content (AvgIpc) is 2.97. The molecule has 0 bridgehead atoms. The zero-order valence-electron chi connectivity index (χ0n) is 10.8. The second kappa shape index (κ2) is 5.72. The van der Waals surface area contributed by atoms with E-state index in [-0.39, 0.29) is 5.76 Å². The third-order valence-electron chi connectivity index (χ3n) is 2.95. The van der Waals surface area contributed by atoms with Gasteiger partial charge in [0.05, 0.1) is 0 Å². The second-order valence-electron chi connectivity index (χ2n) is 4.39. The first-order chi connectivity index (χ1) is 9.83. The Bertz CT molecular complexity index is 717. The molecule has 3 rings (SSSR count). The van der Waals surface area contributed by atoms with Crippen LogP contribution in [0.2, 0.25) is 0 Å². The number of aromatic nitrogens is 1. The molecule has 1 heterocycles. The summed E-state index contributed by atoms with van der Waals surface area (Å²) in [5, 5.41) is 12.1. The molecule has 98 valence electrons. The van der Waals surface area contributed by atoms with Crippen molar-refractivity contribution in [3.05, 3.63) is 77.9 Å². The van der Waals surface area contributed by atoms with E-state index in [0.717, 1.165) is 10.4 Å². The SMILES string of the molecule is [O-]/C(=C\[n+]1csc(-c2ccccc2)c1)c1ccccc1. The number of hydrogen-bond acceptors (Lipinski definition) is 2. The largest absolute Gasteiger partial charge is 0.868 e. The molecule has 0 amide bonds. The molecule has 3 aromatic rings. The summed E-state index contributed by atoms with van der Waals surface area (Å²) in [6, 6.07) is 19.4. The van der Waals surface area contributed by atoms with Crippen molar-refractivity contribution >= 4 is 23.3 Å². The van der Waals surface area contributed by atoms with Crippen LogP contribution < -0.4 is 9.67 Å². The van der Waals surface area contributed by atoms with E-state index >= 15 is 0 Å². The number of thiazole rings is 1. The van der Waals surface area contributed by atoms with E-state index in [0.29, 0.717) is 5.56 Å². The molecule has 0 aliphatic carbocycles. The summed E-state index contributed by atoms with van der Waals surface area (Å²) in [6.07, 6.45) is 3.58. The Morgan fingerprint density at radius 1 is 0.950 bits per heavy atom. The Balaban J connectivity index is 1.88. The lowest BCUT2D eigenvalue weighted by Crippen LogP contribution is -2.24. The molecule has 0 saturated heterocycles. The topological polar surface area (TPSA) is 26.9 Å². The first-order valence-corrected chi connectivity index (χ1v) is 7.20. The van der Waals surface area contributed by atoms with Crippen LogP contribution in [0, 0.1) is 0 Å². The molecule has 0 radical (unpaired) electrons. The Hall–Kier alpha value is -2.39. The smallest absolute Gasteiger partial charge is 0.230 e. The highest BCUT2D eigenvalue weighted by molar-refractivity contribution is 7.12. The molecule has 2 aromatic carbocycles. The van der Waals surface area contributed by atoms with Crippen LogP contribution >= 0.6 is 11.3 Å². The van der Waals surface area contributed by atoms with Gasteiger partial charge in [-0.25, -0.2) is 0 Å². The molecular formula is C17H13NOS. The third-order valence-corrected chi connectivity index (χ3v) is 3.89.